The number of hydrogen-bond acceptors (Lipinski definition) is 5. The molecule has 7 rings (SSSR count). The van der Waals surface area contributed by atoms with Gasteiger partial charge in [-0.05, 0) is 105 Å². The highest BCUT2D eigenvalue weighted by Crippen LogP contribution is 2.85. The van der Waals surface area contributed by atoms with Gasteiger partial charge >= 0.3 is 5.97 Å². The second-order valence-corrected chi connectivity index (χ2v) is 16.6. The molecule has 6 aliphatic carbocycles. The van der Waals surface area contributed by atoms with E-state index in [2.05, 4.69) is 33.8 Å². The first-order chi connectivity index (χ1) is 18.1. The van der Waals surface area contributed by atoms with E-state index < -0.39 is 33.6 Å². The first-order valence-electron chi connectivity index (χ1n) is 15.7. The second kappa shape index (κ2) is 7.33. The molecule has 4 N–H and O–H groups in total. The van der Waals surface area contributed by atoms with Crippen LogP contribution in [-0.4, -0.2) is 51.0 Å². The van der Waals surface area contributed by atoms with E-state index >= 15 is 0 Å². The van der Waals surface area contributed by atoms with Gasteiger partial charge in [-0.3, -0.25) is 4.79 Å². The van der Waals surface area contributed by atoms with Crippen molar-refractivity contribution in [1.29, 1.82) is 0 Å². The lowest BCUT2D eigenvalue weighted by Gasteiger charge is -2.80. The smallest absolute Gasteiger partial charge is 0.309 e. The van der Waals surface area contributed by atoms with Crippen molar-refractivity contribution in [1.82, 2.24) is 0 Å². The minimum absolute atomic E-state index is 0.0132. The lowest BCUT2D eigenvalue weighted by Crippen LogP contribution is -2.80. The fraction of sp³-hybridized carbons (Fsp3) is 0.909. The zero-order valence-electron chi connectivity index (χ0n) is 24.7. The van der Waals surface area contributed by atoms with Gasteiger partial charge in [-0.25, -0.2) is 0 Å². The predicted molar refractivity (Wildman–Crippen MR) is 146 cm³/mol. The molecule has 218 valence electrons. The van der Waals surface area contributed by atoms with Crippen LogP contribution in [-0.2, 0) is 9.53 Å². The largest absolute Gasteiger partial charge is 0.481 e. The quantitative estimate of drug-likeness (QED) is 0.353. The summed E-state index contributed by atoms with van der Waals surface area (Å²) in [5.74, 6) is -1.54. The van der Waals surface area contributed by atoms with E-state index in [4.69, 9.17) is 4.74 Å². The van der Waals surface area contributed by atoms with Crippen LogP contribution in [0.2, 0.25) is 0 Å². The molecule has 7 aliphatic rings. The Morgan fingerprint density at radius 3 is 2.28 bits per heavy atom. The molecule has 2 bridgehead atoms. The van der Waals surface area contributed by atoms with Gasteiger partial charge in [0.05, 0.1) is 24.2 Å². The van der Waals surface area contributed by atoms with Gasteiger partial charge in [0.15, 0.2) is 5.79 Å². The van der Waals surface area contributed by atoms with Crippen molar-refractivity contribution in [2.45, 2.75) is 117 Å². The standard InChI is InChI=1S/C33H50O6/c1-21-30-10-7-22-27(4)14-13-25(2)11-12-26(3,24(35)36)17-23(25)28(27,5)15-16-29(22)8-6-9-31(37,33(29,30)19-34)18-32(21,38)39-20-30/h6,9,21-23,34,37-38H,7-8,10-20H2,1-5H3,(H,35,36). The maximum atomic E-state index is 12.6. The molecular formula is C33H50O6. The fourth-order valence-corrected chi connectivity index (χ4v) is 13.6. The van der Waals surface area contributed by atoms with Crippen molar-refractivity contribution in [3.63, 3.8) is 0 Å². The minimum atomic E-state index is -1.37. The summed E-state index contributed by atoms with van der Waals surface area (Å²) in [4.78, 5) is 12.5. The molecule has 0 aromatic rings. The molecule has 6 nitrogen and oxygen atoms in total. The molecule has 0 aromatic heterocycles. The SMILES string of the molecule is CC1C2(O)CC3(O)C=CCC45CCC6(C)C7CC(C)(C(=O)O)CCC7(C)CCC6(C)C4CCC1(CO2)C35CO. The summed E-state index contributed by atoms with van der Waals surface area (Å²) in [5.41, 5.74) is -3.44. The number of carboxylic acids is 1. The molecule has 0 aromatic carbocycles. The Morgan fingerprint density at radius 1 is 0.923 bits per heavy atom. The van der Waals surface area contributed by atoms with Gasteiger partial charge < -0.3 is 25.2 Å². The summed E-state index contributed by atoms with van der Waals surface area (Å²) >= 11 is 0. The first-order valence-corrected chi connectivity index (χ1v) is 15.7. The number of aliphatic carboxylic acids is 1. The van der Waals surface area contributed by atoms with Crippen LogP contribution < -0.4 is 0 Å². The third kappa shape index (κ3) is 2.57. The van der Waals surface area contributed by atoms with Gasteiger partial charge in [-0.2, -0.15) is 0 Å². The van der Waals surface area contributed by atoms with Gasteiger partial charge in [0.1, 0.15) is 0 Å². The van der Waals surface area contributed by atoms with E-state index in [-0.39, 0.29) is 40.6 Å². The van der Waals surface area contributed by atoms with Crippen LogP contribution >= 0.6 is 0 Å². The number of carboxylic acid groups (broad SMARTS) is 1. The number of aliphatic hydroxyl groups excluding tert-OH is 1. The van der Waals surface area contributed by atoms with Crippen LogP contribution in [0.3, 0.4) is 0 Å². The maximum absolute atomic E-state index is 12.6. The van der Waals surface area contributed by atoms with Gasteiger partial charge in [0.25, 0.3) is 0 Å². The van der Waals surface area contributed by atoms with Crippen LogP contribution in [0, 0.1) is 55.7 Å². The molecule has 2 spiro atoms. The van der Waals surface area contributed by atoms with E-state index in [1.165, 1.54) is 0 Å². The van der Waals surface area contributed by atoms with Crippen LogP contribution in [0.15, 0.2) is 12.2 Å². The van der Waals surface area contributed by atoms with E-state index in [9.17, 15) is 25.2 Å². The first kappa shape index (κ1) is 26.9. The Bertz CT molecular complexity index is 1150. The molecule has 12 atom stereocenters. The van der Waals surface area contributed by atoms with Crippen molar-refractivity contribution in [3.05, 3.63) is 12.2 Å². The van der Waals surface area contributed by atoms with Crippen molar-refractivity contribution >= 4 is 5.97 Å². The molecule has 0 amide bonds. The fourth-order valence-electron chi connectivity index (χ4n) is 13.6. The van der Waals surface area contributed by atoms with Gasteiger partial charge in [0, 0.05) is 23.2 Å². The molecule has 1 saturated heterocycles. The van der Waals surface area contributed by atoms with Crippen LogP contribution in [0.5, 0.6) is 0 Å². The number of ether oxygens (including phenoxy) is 1. The molecule has 5 saturated carbocycles. The summed E-state index contributed by atoms with van der Waals surface area (Å²) in [6.07, 6.45) is 13.4. The number of aliphatic hydroxyl groups is 3. The predicted octanol–water partition coefficient (Wildman–Crippen LogP) is 5.30. The third-order valence-corrected chi connectivity index (χ3v) is 16.1. The highest BCUT2D eigenvalue weighted by atomic mass is 16.6. The van der Waals surface area contributed by atoms with Crippen LogP contribution in [0.1, 0.15) is 105 Å². The zero-order chi connectivity index (χ0) is 28.1. The van der Waals surface area contributed by atoms with Crippen molar-refractivity contribution in [2.75, 3.05) is 13.2 Å². The van der Waals surface area contributed by atoms with E-state index in [0.717, 1.165) is 64.2 Å². The number of hydrogen-bond donors (Lipinski definition) is 4. The van der Waals surface area contributed by atoms with E-state index in [0.29, 0.717) is 18.4 Å². The summed E-state index contributed by atoms with van der Waals surface area (Å²) in [6.45, 7) is 11.8. The topological polar surface area (TPSA) is 107 Å². The Labute approximate surface area is 233 Å². The van der Waals surface area contributed by atoms with Crippen molar-refractivity contribution in [3.8, 4) is 0 Å². The number of rotatable bonds is 2. The Balaban J connectivity index is 1.39. The summed E-state index contributed by atoms with van der Waals surface area (Å²) < 4.78 is 6.19. The van der Waals surface area contributed by atoms with Gasteiger partial charge in [-0.15, -0.1) is 0 Å². The zero-order valence-corrected chi connectivity index (χ0v) is 24.7. The Morgan fingerprint density at radius 2 is 1.59 bits per heavy atom. The Hall–Kier alpha value is -0.950. The van der Waals surface area contributed by atoms with Gasteiger partial charge in [-0.1, -0.05) is 39.8 Å². The van der Waals surface area contributed by atoms with Gasteiger partial charge in [0.2, 0.25) is 0 Å². The van der Waals surface area contributed by atoms with E-state index in [1.54, 1.807) is 0 Å². The Kier molecular flexibility index (Phi) is 5.06. The molecule has 6 heteroatoms. The average molecular weight is 543 g/mol. The summed E-state index contributed by atoms with van der Waals surface area (Å²) in [7, 11) is 0. The van der Waals surface area contributed by atoms with Crippen molar-refractivity contribution in [2.24, 2.45) is 55.7 Å². The lowest BCUT2D eigenvalue weighted by molar-refractivity contribution is -0.357. The number of carbonyl (C=O) groups is 1. The lowest BCUT2D eigenvalue weighted by atomic mass is 9.24. The minimum Gasteiger partial charge on any atom is -0.481 e. The summed E-state index contributed by atoms with van der Waals surface area (Å²) in [6, 6.07) is 0. The molecule has 0 radical (unpaired) electrons. The molecule has 1 aliphatic heterocycles. The highest BCUT2D eigenvalue weighted by Gasteiger charge is 2.85. The monoisotopic (exact) mass is 542 g/mol. The normalized spacial score (nSPS) is 62.9. The molecule has 1 heterocycles. The average Bonchev–Trinajstić information content (AvgIpc) is 3.06. The number of fused-ring (bicyclic) bond motifs is 5. The van der Waals surface area contributed by atoms with Crippen LogP contribution in [0.25, 0.3) is 0 Å². The highest BCUT2D eigenvalue weighted by molar-refractivity contribution is 5.74. The molecule has 39 heavy (non-hydrogen) atoms. The second-order valence-electron chi connectivity index (χ2n) is 16.6. The van der Waals surface area contributed by atoms with Crippen LogP contribution in [0.4, 0.5) is 0 Å². The summed E-state index contributed by atoms with van der Waals surface area (Å²) in [5, 5.41) is 46.0. The maximum Gasteiger partial charge on any atom is 0.309 e. The third-order valence-electron chi connectivity index (χ3n) is 16.1. The molecular weight excluding hydrogens is 492 g/mol. The molecule has 6 fully saturated rings. The molecule has 12 unspecified atom stereocenters. The van der Waals surface area contributed by atoms with Crippen molar-refractivity contribution < 1.29 is 30.0 Å². The number of allylic oxidation sites excluding steroid dienone is 1. The van der Waals surface area contributed by atoms with E-state index in [1.807, 2.05) is 13.0 Å².